The first kappa shape index (κ1) is 15.6. The number of ether oxygens (including phenoxy) is 2. The standard InChI is InChI=1S/C14H11BrClNO4/c15-10-1-4-12(5-2-10)20-7-8-21-14-6-3-11(17(18)19)9-13(14)16/h1-6,9H,7-8H2. The number of benzene rings is 2. The van der Waals surface area contributed by atoms with Crippen molar-refractivity contribution in [3.05, 3.63) is 62.1 Å². The zero-order valence-electron chi connectivity index (χ0n) is 10.8. The van der Waals surface area contributed by atoms with Gasteiger partial charge in [0.15, 0.2) is 0 Å². The molecular weight excluding hydrogens is 362 g/mol. The van der Waals surface area contributed by atoms with Crippen LogP contribution in [-0.4, -0.2) is 18.1 Å². The fourth-order valence-electron chi connectivity index (χ4n) is 1.56. The summed E-state index contributed by atoms with van der Waals surface area (Å²) in [5.74, 6) is 1.12. The van der Waals surface area contributed by atoms with Crippen molar-refractivity contribution in [2.24, 2.45) is 0 Å². The Morgan fingerprint density at radius 3 is 2.38 bits per heavy atom. The number of rotatable bonds is 6. The van der Waals surface area contributed by atoms with E-state index in [2.05, 4.69) is 15.9 Å². The van der Waals surface area contributed by atoms with Crippen molar-refractivity contribution in [3.63, 3.8) is 0 Å². The Bertz CT molecular complexity index is 633. The summed E-state index contributed by atoms with van der Waals surface area (Å²) >= 11 is 9.25. The molecule has 0 aliphatic rings. The van der Waals surface area contributed by atoms with Gasteiger partial charge in [0.1, 0.15) is 24.7 Å². The molecule has 2 aromatic rings. The second-order valence-corrected chi connectivity index (χ2v) is 5.35. The molecule has 0 N–H and O–H groups in total. The van der Waals surface area contributed by atoms with E-state index >= 15 is 0 Å². The summed E-state index contributed by atoms with van der Waals surface area (Å²) in [6, 6.07) is 11.5. The minimum Gasteiger partial charge on any atom is -0.490 e. The summed E-state index contributed by atoms with van der Waals surface area (Å²) in [5.41, 5.74) is -0.0709. The molecular formula is C14H11BrClNO4. The van der Waals surface area contributed by atoms with Gasteiger partial charge in [-0.25, -0.2) is 0 Å². The second kappa shape index (κ2) is 7.28. The molecule has 110 valence electrons. The number of hydrogen-bond donors (Lipinski definition) is 0. The largest absolute Gasteiger partial charge is 0.490 e. The zero-order chi connectivity index (χ0) is 15.2. The summed E-state index contributed by atoms with van der Waals surface area (Å²) < 4.78 is 11.9. The van der Waals surface area contributed by atoms with Crippen molar-refractivity contribution < 1.29 is 14.4 Å². The van der Waals surface area contributed by atoms with Crippen LogP contribution in [0.1, 0.15) is 0 Å². The molecule has 0 unspecified atom stereocenters. The average molecular weight is 373 g/mol. The molecule has 0 saturated carbocycles. The Morgan fingerprint density at radius 2 is 1.76 bits per heavy atom. The van der Waals surface area contributed by atoms with Gasteiger partial charge in [-0.15, -0.1) is 0 Å². The molecule has 2 aromatic carbocycles. The highest BCUT2D eigenvalue weighted by Gasteiger charge is 2.10. The first-order valence-corrected chi connectivity index (χ1v) is 7.18. The van der Waals surface area contributed by atoms with Crippen LogP contribution < -0.4 is 9.47 Å². The predicted molar refractivity (Wildman–Crippen MR) is 83.2 cm³/mol. The van der Waals surface area contributed by atoms with E-state index in [0.29, 0.717) is 12.4 Å². The van der Waals surface area contributed by atoms with Crippen LogP contribution in [0, 0.1) is 10.1 Å². The molecule has 0 atom stereocenters. The molecule has 7 heteroatoms. The lowest BCUT2D eigenvalue weighted by Gasteiger charge is -2.09. The van der Waals surface area contributed by atoms with E-state index in [1.54, 1.807) is 0 Å². The lowest BCUT2D eigenvalue weighted by atomic mass is 10.3. The normalized spacial score (nSPS) is 10.2. The predicted octanol–water partition coefficient (Wildman–Crippen LogP) is 4.47. The smallest absolute Gasteiger partial charge is 0.271 e. The van der Waals surface area contributed by atoms with Crippen LogP contribution in [-0.2, 0) is 0 Å². The van der Waals surface area contributed by atoms with Crippen LogP contribution in [0.3, 0.4) is 0 Å². The van der Waals surface area contributed by atoms with E-state index < -0.39 is 4.92 Å². The molecule has 0 spiro atoms. The SMILES string of the molecule is O=[N+]([O-])c1ccc(OCCOc2ccc(Br)cc2)c(Cl)c1. The van der Waals surface area contributed by atoms with Crippen molar-refractivity contribution in [1.82, 2.24) is 0 Å². The maximum absolute atomic E-state index is 10.6. The highest BCUT2D eigenvalue weighted by molar-refractivity contribution is 9.10. The van der Waals surface area contributed by atoms with Gasteiger partial charge >= 0.3 is 0 Å². The molecule has 0 aliphatic carbocycles. The van der Waals surface area contributed by atoms with Crippen molar-refractivity contribution in [2.45, 2.75) is 0 Å². The van der Waals surface area contributed by atoms with E-state index in [4.69, 9.17) is 21.1 Å². The van der Waals surface area contributed by atoms with Gasteiger partial charge in [-0.05, 0) is 30.3 Å². The van der Waals surface area contributed by atoms with Crippen LogP contribution >= 0.6 is 27.5 Å². The van der Waals surface area contributed by atoms with Crippen molar-refractivity contribution in [1.29, 1.82) is 0 Å². The van der Waals surface area contributed by atoms with E-state index in [9.17, 15) is 10.1 Å². The molecule has 0 amide bonds. The van der Waals surface area contributed by atoms with E-state index in [-0.39, 0.29) is 17.3 Å². The van der Waals surface area contributed by atoms with Gasteiger partial charge in [0, 0.05) is 16.6 Å². The molecule has 0 radical (unpaired) electrons. The zero-order valence-corrected chi connectivity index (χ0v) is 13.1. The highest BCUT2D eigenvalue weighted by Crippen LogP contribution is 2.28. The average Bonchev–Trinajstić information content (AvgIpc) is 2.46. The maximum Gasteiger partial charge on any atom is 0.271 e. The third-order valence-corrected chi connectivity index (χ3v) is 3.37. The van der Waals surface area contributed by atoms with Crippen LogP contribution in [0.5, 0.6) is 11.5 Å². The number of nitrogens with zero attached hydrogens (tertiary/aromatic N) is 1. The minimum absolute atomic E-state index is 0.0709. The lowest BCUT2D eigenvalue weighted by Crippen LogP contribution is -2.09. The van der Waals surface area contributed by atoms with Crippen LogP contribution in [0.15, 0.2) is 46.9 Å². The third-order valence-electron chi connectivity index (χ3n) is 2.55. The fraction of sp³-hybridized carbons (Fsp3) is 0.143. The highest BCUT2D eigenvalue weighted by atomic mass is 79.9. The van der Waals surface area contributed by atoms with Crippen molar-refractivity contribution in [2.75, 3.05) is 13.2 Å². The summed E-state index contributed by atoms with van der Waals surface area (Å²) in [6.45, 7) is 0.628. The summed E-state index contributed by atoms with van der Waals surface area (Å²) in [6.07, 6.45) is 0. The molecule has 0 saturated heterocycles. The Labute approximate surface area is 134 Å². The fourth-order valence-corrected chi connectivity index (χ4v) is 2.06. The number of non-ortho nitro benzene ring substituents is 1. The third kappa shape index (κ3) is 4.61. The molecule has 0 bridgehead atoms. The first-order valence-electron chi connectivity index (χ1n) is 6.01. The van der Waals surface area contributed by atoms with Gasteiger partial charge in [0.2, 0.25) is 0 Å². The van der Waals surface area contributed by atoms with Gasteiger partial charge in [-0.2, -0.15) is 0 Å². The van der Waals surface area contributed by atoms with Gasteiger partial charge in [-0.1, -0.05) is 27.5 Å². The molecule has 0 aliphatic heterocycles. The van der Waals surface area contributed by atoms with E-state index in [1.165, 1.54) is 18.2 Å². The quantitative estimate of drug-likeness (QED) is 0.426. The summed E-state index contributed by atoms with van der Waals surface area (Å²) in [7, 11) is 0. The van der Waals surface area contributed by atoms with Gasteiger partial charge in [-0.3, -0.25) is 10.1 Å². The Balaban J connectivity index is 1.83. The molecule has 0 heterocycles. The first-order chi connectivity index (χ1) is 10.1. The Hall–Kier alpha value is -1.79. The summed E-state index contributed by atoms with van der Waals surface area (Å²) in [5, 5.41) is 10.8. The summed E-state index contributed by atoms with van der Waals surface area (Å²) in [4.78, 5) is 10.1. The molecule has 21 heavy (non-hydrogen) atoms. The molecule has 0 aromatic heterocycles. The molecule has 2 rings (SSSR count). The molecule has 0 fully saturated rings. The second-order valence-electron chi connectivity index (χ2n) is 4.02. The number of halogens is 2. The van der Waals surface area contributed by atoms with Crippen LogP contribution in [0.2, 0.25) is 5.02 Å². The maximum atomic E-state index is 10.6. The Morgan fingerprint density at radius 1 is 1.10 bits per heavy atom. The molecule has 5 nitrogen and oxygen atoms in total. The van der Waals surface area contributed by atoms with E-state index in [0.717, 1.165) is 10.2 Å². The minimum atomic E-state index is -0.508. The van der Waals surface area contributed by atoms with Gasteiger partial charge in [0.25, 0.3) is 5.69 Å². The van der Waals surface area contributed by atoms with Gasteiger partial charge < -0.3 is 9.47 Å². The Kier molecular flexibility index (Phi) is 5.41. The van der Waals surface area contributed by atoms with Crippen molar-refractivity contribution in [3.8, 4) is 11.5 Å². The van der Waals surface area contributed by atoms with Gasteiger partial charge in [0.05, 0.1) is 9.95 Å². The number of hydrogen-bond acceptors (Lipinski definition) is 4. The topological polar surface area (TPSA) is 61.6 Å². The monoisotopic (exact) mass is 371 g/mol. The lowest BCUT2D eigenvalue weighted by molar-refractivity contribution is -0.384. The van der Waals surface area contributed by atoms with Crippen LogP contribution in [0.4, 0.5) is 5.69 Å². The van der Waals surface area contributed by atoms with Crippen LogP contribution in [0.25, 0.3) is 0 Å². The van der Waals surface area contributed by atoms with E-state index in [1.807, 2.05) is 24.3 Å². The van der Waals surface area contributed by atoms with Crippen molar-refractivity contribution >= 4 is 33.2 Å². The number of nitro groups is 1. The number of nitro benzene ring substituents is 1.